The van der Waals surface area contributed by atoms with Crippen LogP contribution in [0.5, 0.6) is 0 Å². The van der Waals surface area contributed by atoms with Crippen LogP contribution in [-0.2, 0) is 14.6 Å². The Kier molecular flexibility index (Phi) is 4.63. The van der Waals surface area contributed by atoms with E-state index in [2.05, 4.69) is 10.2 Å². The maximum atomic E-state index is 11.4. The summed E-state index contributed by atoms with van der Waals surface area (Å²) >= 11 is 1.12. The molecule has 0 bridgehead atoms. The first-order valence-electron chi connectivity index (χ1n) is 5.88. The van der Waals surface area contributed by atoms with Crippen molar-refractivity contribution in [2.24, 2.45) is 0 Å². The first kappa shape index (κ1) is 15.5. The molecule has 0 amide bonds. The molecule has 0 fully saturated rings. The summed E-state index contributed by atoms with van der Waals surface area (Å²) in [6, 6.07) is 6.21. The van der Waals surface area contributed by atoms with Crippen LogP contribution < -0.4 is 0 Å². The van der Waals surface area contributed by atoms with Gasteiger partial charge in [-0.05, 0) is 43.0 Å². The van der Waals surface area contributed by atoms with E-state index in [9.17, 15) is 13.2 Å². The van der Waals surface area contributed by atoms with Crippen molar-refractivity contribution in [3.05, 3.63) is 30.2 Å². The first-order chi connectivity index (χ1) is 9.90. The van der Waals surface area contributed by atoms with Crippen molar-refractivity contribution in [2.45, 2.75) is 21.9 Å². The molecular weight excluding hydrogens is 316 g/mol. The van der Waals surface area contributed by atoms with Gasteiger partial charge in [-0.15, -0.1) is 5.10 Å². The molecule has 7 nitrogen and oxygen atoms in total. The zero-order chi connectivity index (χ0) is 15.5. The van der Waals surface area contributed by atoms with E-state index in [4.69, 9.17) is 9.15 Å². The molecule has 112 valence electrons. The van der Waals surface area contributed by atoms with Crippen LogP contribution in [0.4, 0.5) is 0 Å². The number of esters is 1. The molecular formula is C12H12N2O5S2. The van der Waals surface area contributed by atoms with E-state index < -0.39 is 15.8 Å². The lowest BCUT2D eigenvalue weighted by atomic mass is 10.4. The van der Waals surface area contributed by atoms with Gasteiger partial charge in [0.2, 0.25) is 0 Å². The third kappa shape index (κ3) is 4.05. The van der Waals surface area contributed by atoms with Crippen molar-refractivity contribution in [3.63, 3.8) is 0 Å². The number of ether oxygens (including phenoxy) is 1. The zero-order valence-corrected chi connectivity index (χ0v) is 12.9. The van der Waals surface area contributed by atoms with Gasteiger partial charge in [0.05, 0.1) is 11.5 Å². The Hall–Kier alpha value is -1.87. The average molecular weight is 328 g/mol. The summed E-state index contributed by atoms with van der Waals surface area (Å²) in [6.07, 6.45) is 1.14. The van der Waals surface area contributed by atoms with Crippen LogP contribution in [-0.4, -0.2) is 37.4 Å². The summed E-state index contributed by atoms with van der Waals surface area (Å²) in [5, 5.41) is 7.46. The lowest BCUT2D eigenvalue weighted by molar-refractivity contribution is 0.0475. The van der Waals surface area contributed by atoms with Crippen LogP contribution in [0.2, 0.25) is 0 Å². The van der Waals surface area contributed by atoms with Crippen molar-refractivity contribution in [3.8, 4) is 0 Å². The van der Waals surface area contributed by atoms with Crippen molar-refractivity contribution in [2.75, 3.05) is 12.9 Å². The summed E-state index contributed by atoms with van der Waals surface area (Å²) < 4.78 is 32.6. The zero-order valence-electron chi connectivity index (χ0n) is 11.3. The Morgan fingerprint density at radius 1 is 1.29 bits per heavy atom. The summed E-state index contributed by atoms with van der Waals surface area (Å²) in [5.41, 5.74) is 0. The molecule has 0 radical (unpaired) electrons. The second-order valence-electron chi connectivity index (χ2n) is 3.94. The van der Waals surface area contributed by atoms with Crippen LogP contribution in [0.1, 0.15) is 17.6 Å². The van der Waals surface area contributed by atoms with Crippen LogP contribution in [0.3, 0.4) is 0 Å². The molecule has 0 aliphatic heterocycles. The Morgan fingerprint density at radius 3 is 2.52 bits per heavy atom. The standard InChI is InChI=1S/C12H12N2O5S2/c1-3-18-11(15)10-13-14-12(19-10)20-8-4-6-9(7-5-8)21(2,16)17/h4-7H,3H2,1-2H3. The fraction of sp³-hybridized carbons (Fsp3) is 0.250. The fourth-order valence-corrected chi connectivity index (χ4v) is 2.69. The van der Waals surface area contributed by atoms with Crippen molar-refractivity contribution >= 4 is 27.6 Å². The molecule has 0 unspecified atom stereocenters. The number of aromatic nitrogens is 2. The van der Waals surface area contributed by atoms with E-state index in [1.807, 2.05) is 0 Å². The van der Waals surface area contributed by atoms with Gasteiger partial charge in [-0.2, -0.15) is 0 Å². The molecule has 0 aliphatic carbocycles. The number of carbonyl (C=O) groups is 1. The molecule has 1 heterocycles. The maximum Gasteiger partial charge on any atom is 0.396 e. The molecule has 0 saturated carbocycles. The Labute approximate surface area is 125 Å². The van der Waals surface area contributed by atoms with Crippen molar-refractivity contribution in [1.82, 2.24) is 10.2 Å². The van der Waals surface area contributed by atoms with Gasteiger partial charge in [0.15, 0.2) is 9.84 Å². The highest BCUT2D eigenvalue weighted by molar-refractivity contribution is 7.99. The highest BCUT2D eigenvalue weighted by Crippen LogP contribution is 2.27. The second kappa shape index (κ2) is 6.27. The van der Waals surface area contributed by atoms with Crippen molar-refractivity contribution in [1.29, 1.82) is 0 Å². The van der Waals surface area contributed by atoms with Gasteiger partial charge in [0.25, 0.3) is 5.22 Å². The number of hydrogen-bond donors (Lipinski definition) is 0. The highest BCUT2D eigenvalue weighted by Gasteiger charge is 2.16. The van der Waals surface area contributed by atoms with E-state index in [-0.39, 0.29) is 22.6 Å². The molecule has 0 saturated heterocycles. The second-order valence-corrected chi connectivity index (χ2v) is 6.98. The van der Waals surface area contributed by atoms with Gasteiger partial charge in [-0.25, -0.2) is 13.2 Å². The largest absolute Gasteiger partial charge is 0.459 e. The average Bonchev–Trinajstić information content (AvgIpc) is 2.87. The summed E-state index contributed by atoms with van der Waals surface area (Å²) in [6.45, 7) is 1.89. The summed E-state index contributed by atoms with van der Waals surface area (Å²) in [5.74, 6) is -0.892. The van der Waals surface area contributed by atoms with Crippen LogP contribution in [0.25, 0.3) is 0 Å². The normalized spacial score (nSPS) is 11.3. The Balaban J connectivity index is 2.10. The predicted octanol–water partition coefficient (Wildman–Crippen LogP) is 1.80. The molecule has 0 spiro atoms. The van der Waals surface area contributed by atoms with Gasteiger partial charge in [0.1, 0.15) is 0 Å². The van der Waals surface area contributed by atoms with Crippen LogP contribution in [0.15, 0.2) is 43.7 Å². The molecule has 9 heteroatoms. The minimum atomic E-state index is -3.23. The minimum absolute atomic E-state index is 0.171. The number of sulfone groups is 1. The molecule has 0 atom stereocenters. The Morgan fingerprint density at radius 2 is 1.95 bits per heavy atom. The van der Waals surface area contributed by atoms with Crippen LogP contribution in [0, 0.1) is 0 Å². The Bertz CT molecular complexity index is 737. The number of hydrogen-bond acceptors (Lipinski definition) is 8. The number of benzene rings is 1. The van der Waals surface area contributed by atoms with Gasteiger partial charge >= 0.3 is 11.9 Å². The summed E-state index contributed by atoms with van der Waals surface area (Å²) in [4.78, 5) is 12.3. The molecule has 21 heavy (non-hydrogen) atoms. The van der Waals surface area contributed by atoms with Gasteiger partial charge < -0.3 is 9.15 Å². The number of nitrogens with zero attached hydrogens (tertiary/aromatic N) is 2. The number of carbonyl (C=O) groups excluding carboxylic acids is 1. The van der Waals surface area contributed by atoms with E-state index in [1.54, 1.807) is 19.1 Å². The molecule has 1 aromatic carbocycles. The third-order valence-corrected chi connectivity index (χ3v) is 4.29. The van der Waals surface area contributed by atoms with E-state index >= 15 is 0 Å². The van der Waals surface area contributed by atoms with Crippen molar-refractivity contribution < 1.29 is 22.4 Å². The number of rotatable bonds is 5. The highest BCUT2D eigenvalue weighted by atomic mass is 32.2. The SMILES string of the molecule is CCOC(=O)c1nnc(Sc2ccc(S(C)(=O)=O)cc2)o1. The lowest BCUT2D eigenvalue weighted by Crippen LogP contribution is -2.04. The lowest BCUT2D eigenvalue weighted by Gasteiger charge is -1.99. The van der Waals surface area contributed by atoms with Gasteiger partial charge in [-0.3, -0.25) is 0 Å². The molecule has 0 N–H and O–H groups in total. The first-order valence-corrected chi connectivity index (χ1v) is 8.59. The van der Waals surface area contributed by atoms with E-state index in [0.717, 1.165) is 18.0 Å². The molecule has 2 rings (SSSR count). The molecule has 2 aromatic rings. The summed E-state index contributed by atoms with van der Waals surface area (Å²) in [7, 11) is -3.23. The van der Waals surface area contributed by atoms with E-state index in [0.29, 0.717) is 4.90 Å². The van der Waals surface area contributed by atoms with Gasteiger partial charge in [-0.1, -0.05) is 5.10 Å². The smallest absolute Gasteiger partial charge is 0.396 e. The minimum Gasteiger partial charge on any atom is -0.459 e. The van der Waals surface area contributed by atoms with Gasteiger partial charge in [0, 0.05) is 11.2 Å². The topological polar surface area (TPSA) is 99.4 Å². The maximum absolute atomic E-state index is 11.4. The molecule has 0 aliphatic rings. The molecule has 1 aromatic heterocycles. The fourth-order valence-electron chi connectivity index (χ4n) is 1.38. The monoisotopic (exact) mass is 328 g/mol. The third-order valence-electron chi connectivity index (χ3n) is 2.31. The van der Waals surface area contributed by atoms with E-state index in [1.165, 1.54) is 12.1 Å². The quantitative estimate of drug-likeness (QED) is 0.766. The van der Waals surface area contributed by atoms with Crippen LogP contribution >= 0.6 is 11.8 Å². The predicted molar refractivity (Wildman–Crippen MR) is 73.9 cm³/mol.